The molecule has 5 nitrogen and oxygen atoms in total. The zero-order valence-electron chi connectivity index (χ0n) is 10.2. The molecule has 1 amide bonds. The summed E-state index contributed by atoms with van der Waals surface area (Å²) in [5.74, 6) is 0.322. The van der Waals surface area contributed by atoms with Crippen LogP contribution in [0.2, 0.25) is 0 Å². The first-order valence-electron chi connectivity index (χ1n) is 5.84. The number of carbonyl (C=O) groups excluding carboxylic acids is 1. The summed E-state index contributed by atoms with van der Waals surface area (Å²) in [4.78, 5) is 18.7. The van der Waals surface area contributed by atoms with Crippen LogP contribution >= 0.6 is 11.3 Å². The van der Waals surface area contributed by atoms with Gasteiger partial charge in [0.15, 0.2) is 5.13 Å². The second-order valence-electron chi connectivity index (χ2n) is 4.34. The second-order valence-corrected chi connectivity index (χ2v) is 5.34. The predicted molar refractivity (Wildman–Crippen MR) is 70.4 cm³/mol. The third kappa shape index (κ3) is 2.36. The van der Waals surface area contributed by atoms with Gasteiger partial charge in [0.05, 0.1) is 0 Å². The molecule has 1 heterocycles. The van der Waals surface area contributed by atoms with Crippen molar-refractivity contribution >= 4 is 28.2 Å². The number of hydrogen-bond donors (Lipinski definition) is 2. The van der Waals surface area contributed by atoms with E-state index in [9.17, 15) is 4.79 Å². The van der Waals surface area contributed by atoms with Crippen molar-refractivity contribution in [1.82, 2.24) is 9.88 Å². The normalized spacial score (nSPS) is 16.1. The number of nitrogen functional groups attached to an aromatic ring is 1. The van der Waals surface area contributed by atoms with Gasteiger partial charge in [0.2, 0.25) is 0 Å². The highest BCUT2D eigenvalue weighted by Gasteiger charge is 2.27. The molecule has 0 bridgehead atoms. The molecule has 6 heteroatoms. The van der Waals surface area contributed by atoms with Gasteiger partial charge in [-0.2, -0.15) is 0 Å². The van der Waals surface area contributed by atoms with Crippen LogP contribution in [0.5, 0.6) is 0 Å². The minimum Gasteiger partial charge on any atom is -0.382 e. The molecule has 1 saturated carbocycles. The van der Waals surface area contributed by atoms with Crippen molar-refractivity contribution in [3.63, 3.8) is 0 Å². The van der Waals surface area contributed by atoms with Crippen LogP contribution in [0.25, 0.3) is 0 Å². The van der Waals surface area contributed by atoms with Crippen LogP contribution in [0.4, 0.5) is 10.9 Å². The van der Waals surface area contributed by atoms with E-state index in [4.69, 9.17) is 5.73 Å². The lowest BCUT2D eigenvalue weighted by Crippen LogP contribution is -2.35. The minimum atomic E-state index is -0.00611. The van der Waals surface area contributed by atoms with Crippen molar-refractivity contribution in [1.29, 1.82) is 0 Å². The number of thiazole rings is 1. The number of nitrogens with zero attached hydrogens (tertiary/aromatic N) is 2. The maximum atomic E-state index is 12.3. The lowest BCUT2D eigenvalue weighted by Gasteiger charge is -2.23. The molecule has 1 aromatic heterocycles. The van der Waals surface area contributed by atoms with Crippen LogP contribution in [-0.4, -0.2) is 35.9 Å². The molecular weight excluding hydrogens is 236 g/mol. The SMILES string of the molecule is CNc1nc(N)c(C(=O)N(C)C2CCCC2)s1. The molecule has 94 valence electrons. The highest BCUT2D eigenvalue weighted by molar-refractivity contribution is 7.18. The topological polar surface area (TPSA) is 71.2 Å². The maximum absolute atomic E-state index is 12.3. The number of amides is 1. The monoisotopic (exact) mass is 254 g/mol. The van der Waals surface area contributed by atoms with Gasteiger partial charge in [-0.3, -0.25) is 4.79 Å². The van der Waals surface area contributed by atoms with E-state index in [1.807, 2.05) is 11.9 Å². The third-order valence-corrected chi connectivity index (χ3v) is 4.33. The van der Waals surface area contributed by atoms with Crippen molar-refractivity contribution < 1.29 is 4.79 Å². The molecule has 17 heavy (non-hydrogen) atoms. The molecule has 1 aliphatic rings. The molecular formula is C11H18N4OS. The molecule has 0 radical (unpaired) electrons. The number of nitrogens with two attached hydrogens (primary N) is 1. The Balaban J connectivity index is 2.14. The average molecular weight is 254 g/mol. The van der Waals surface area contributed by atoms with Crippen LogP contribution in [0.3, 0.4) is 0 Å². The fraction of sp³-hybridized carbons (Fsp3) is 0.636. The van der Waals surface area contributed by atoms with E-state index < -0.39 is 0 Å². The maximum Gasteiger partial charge on any atom is 0.267 e. The minimum absolute atomic E-state index is 0.00611. The molecule has 0 unspecified atom stereocenters. The second kappa shape index (κ2) is 4.91. The van der Waals surface area contributed by atoms with E-state index >= 15 is 0 Å². The number of rotatable bonds is 3. The summed E-state index contributed by atoms with van der Waals surface area (Å²) in [7, 11) is 3.63. The average Bonchev–Trinajstić information content (AvgIpc) is 2.95. The Labute approximate surface area is 105 Å². The number of hydrogen-bond acceptors (Lipinski definition) is 5. The Morgan fingerprint density at radius 3 is 2.71 bits per heavy atom. The van der Waals surface area contributed by atoms with Crippen LogP contribution < -0.4 is 11.1 Å². The number of nitrogens with one attached hydrogen (secondary N) is 1. The van der Waals surface area contributed by atoms with Crippen molar-refractivity contribution in [3.05, 3.63) is 4.88 Å². The third-order valence-electron chi connectivity index (χ3n) is 3.25. The first-order valence-corrected chi connectivity index (χ1v) is 6.66. The Bertz CT molecular complexity index is 412. The summed E-state index contributed by atoms with van der Waals surface area (Å²) >= 11 is 1.32. The van der Waals surface area contributed by atoms with Gasteiger partial charge < -0.3 is 16.0 Å². The number of carbonyl (C=O) groups is 1. The Morgan fingerprint density at radius 2 is 2.18 bits per heavy atom. The van der Waals surface area contributed by atoms with Crippen LogP contribution in [-0.2, 0) is 0 Å². The van der Waals surface area contributed by atoms with E-state index in [1.54, 1.807) is 7.05 Å². The molecule has 0 atom stereocenters. The molecule has 0 saturated heterocycles. The van der Waals surface area contributed by atoms with Gasteiger partial charge in [0.25, 0.3) is 5.91 Å². The van der Waals surface area contributed by atoms with Gasteiger partial charge in [-0.25, -0.2) is 4.98 Å². The quantitative estimate of drug-likeness (QED) is 0.862. The number of anilines is 2. The molecule has 0 aromatic carbocycles. The van der Waals surface area contributed by atoms with Gasteiger partial charge >= 0.3 is 0 Å². The van der Waals surface area contributed by atoms with Crippen molar-refractivity contribution in [2.75, 3.05) is 25.1 Å². The Morgan fingerprint density at radius 1 is 1.53 bits per heavy atom. The van der Waals surface area contributed by atoms with E-state index in [-0.39, 0.29) is 5.91 Å². The van der Waals surface area contributed by atoms with Crippen LogP contribution in [0, 0.1) is 0 Å². The zero-order chi connectivity index (χ0) is 12.4. The highest BCUT2D eigenvalue weighted by atomic mass is 32.1. The molecule has 1 aliphatic carbocycles. The zero-order valence-corrected chi connectivity index (χ0v) is 11.0. The van der Waals surface area contributed by atoms with Crippen molar-refractivity contribution in [2.45, 2.75) is 31.7 Å². The van der Waals surface area contributed by atoms with Crippen LogP contribution in [0.15, 0.2) is 0 Å². The molecule has 1 aromatic rings. The van der Waals surface area contributed by atoms with Gasteiger partial charge in [-0.1, -0.05) is 24.2 Å². The summed E-state index contributed by atoms with van der Waals surface area (Å²) in [6, 6.07) is 0.363. The lowest BCUT2D eigenvalue weighted by molar-refractivity contribution is 0.0741. The van der Waals surface area contributed by atoms with Gasteiger partial charge in [0.1, 0.15) is 10.7 Å². The smallest absolute Gasteiger partial charge is 0.267 e. The highest BCUT2D eigenvalue weighted by Crippen LogP contribution is 2.29. The largest absolute Gasteiger partial charge is 0.382 e. The van der Waals surface area contributed by atoms with Crippen LogP contribution in [0.1, 0.15) is 35.4 Å². The summed E-state index contributed by atoms with van der Waals surface area (Å²) in [6.45, 7) is 0. The molecule has 1 fully saturated rings. The summed E-state index contributed by atoms with van der Waals surface area (Å²) in [6.07, 6.45) is 4.62. The Kier molecular flexibility index (Phi) is 3.51. The first kappa shape index (κ1) is 12.2. The predicted octanol–water partition coefficient (Wildman–Crippen LogP) is 1.78. The fourth-order valence-corrected chi connectivity index (χ4v) is 3.03. The first-order chi connectivity index (χ1) is 8.13. The standard InChI is InChI=1S/C11H18N4OS/c1-13-11-14-9(12)8(17-11)10(16)15(2)7-5-3-4-6-7/h7H,3-6,12H2,1-2H3,(H,13,14). The fourth-order valence-electron chi connectivity index (χ4n) is 2.21. The van der Waals surface area contributed by atoms with Crippen molar-refractivity contribution in [2.24, 2.45) is 0 Å². The van der Waals surface area contributed by atoms with Gasteiger partial charge in [-0.05, 0) is 12.8 Å². The Hall–Kier alpha value is -1.30. The molecule has 3 N–H and O–H groups in total. The van der Waals surface area contributed by atoms with E-state index in [1.165, 1.54) is 24.2 Å². The summed E-state index contributed by atoms with van der Waals surface area (Å²) in [5.41, 5.74) is 5.77. The molecule has 0 spiro atoms. The summed E-state index contributed by atoms with van der Waals surface area (Å²) in [5, 5.41) is 3.59. The summed E-state index contributed by atoms with van der Waals surface area (Å²) < 4.78 is 0. The van der Waals surface area contributed by atoms with Gasteiger partial charge in [0, 0.05) is 20.1 Å². The van der Waals surface area contributed by atoms with E-state index in [0.717, 1.165) is 12.8 Å². The van der Waals surface area contributed by atoms with E-state index in [0.29, 0.717) is 21.9 Å². The number of aromatic nitrogens is 1. The molecule has 2 rings (SSSR count). The lowest BCUT2D eigenvalue weighted by atomic mass is 10.2. The van der Waals surface area contributed by atoms with Crippen molar-refractivity contribution in [3.8, 4) is 0 Å². The molecule has 0 aliphatic heterocycles. The van der Waals surface area contributed by atoms with E-state index in [2.05, 4.69) is 10.3 Å². The van der Waals surface area contributed by atoms with Gasteiger partial charge in [-0.15, -0.1) is 0 Å².